The molecule has 1 saturated heterocycles. The zero-order valence-electron chi connectivity index (χ0n) is 11.4. The second-order valence-electron chi connectivity index (χ2n) is 5.14. The van der Waals surface area contributed by atoms with Gasteiger partial charge in [0.1, 0.15) is 5.76 Å². The topological polar surface area (TPSA) is 37.6 Å². The Kier molecular flexibility index (Phi) is 5.23. The summed E-state index contributed by atoms with van der Waals surface area (Å²) in [7, 11) is 4.07. The lowest BCUT2D eigenvalue weighted by Crippen LogP contribution is -2.32. The summed E-state index contributed by atoms with van der Waals surface area (Å²) in [5, 5.41) is 3.12. The molecular weight excluding hydrogens is 228 g/mol. The number of hydrogen-bond donors (Lipinski definition) is 1. The standard InChI is InChI=1S/C14H24N2O2/c1-15-8-12-7-14(18-11-12)10-16(2)9-13-5-3-4-6-17-13/h7,11,13,15H,3-6,8-10H2,1-2H3. The van der Waals surface area contributed by atoms with Gasteiger partial charge in [-0.2, -0.15) is 0 Å². The highest BCUT2D eigenvalue weighted by Crippen LogP contribution is 2.15. The zero-order valence-corrected chi connectivity index (χ0v) is 11.4. The number of rotatable bonds is 6. The van der Waals surface area contributed by atoms with Gasteiger partial charge in [-0.1, -0.05) is 0 Å². The number of furan rings is 1. The molecule has 0 amide bonds. The van der Waals surface area contributed by atoms with Crippen LogP contribution in [0.1, 0.15) is 30.6 Å². The van der Waals surface area contributed by atoms with Crippen LogP contribution < -0.4 is 5.32 Å². The molecule has 1 unspecified atom stereocenters. The number of likely N-dealkylation sites (N-methyl/N-ethyl adjacent to an activating group) is 1. The SMILES string of the molecule is CNCc1coc(CN(C)CC2CCCCO2)c1. The summed E-state index contributed by atoms with van der Waals surface area (Å²) >= 11 is 0. The van der Waals surface area contributed by atoms with Crippen LogP contribution in [0.25, 0.3) is 0 Å². The summed E-state index contributed by atoms with van der Waals surface area (Å²) in [4.78, 5) is 2.28. The van der Waals surface area contributed by atoms with Crippen molar-refractivity contribution >= 4 is 0 Å². The first-order chi connectivity index (χ1) is 8.78. The molecule has 1 fully saturated rings. The molecule has 0 radical (unpaired) electrons. The summed E-state index contributed by atoms with van der Waals surface area (Å²) in [5.41, 5.74) is 1.20. The molecule has 2 rings (SSSR count). The third-order valence-corrected chi connectivity index (χ3v) is 3.30. The summed E-state index contributed by atoms with van der Waals surface area (Å²) in [6.45, 7) is 3.62. The van der Waals surface area contributed by atoms with E-state index in [-0.39, 0.29) is 0 Å². The van der Waals surface area contributed by atoms with Gasteiger partial charge in [-0.3, -0.25) is 4.90 Å². The summed E-state index contributed by atoms with van der Waals surface area (Å²) < 4.78 is 11.3. The molecule has 1 atom stereocenters. The van der Waals surface area contributed by atoms with E-state index in [1.165, 1.54) is 24.8 Å². The van der Waals surface area contributed by atoms with Gasteiger partial charge in [-0.25, -0.2) is 0 Å². The van der Waals surface area contributed by atoms with Gasteiger partial charge in [0.15, 0.2) is 0 Å². The average Bonchev–Trinajstić information content (AvgIpc) is 2.78. The van der Waals surface area contributed by atoms with Crippen molar-refractivity contribution in [3.05, 3.63) is 23.7 Å². The maximum absolute atomic E-state index is 5.75. The first kappa shape index (κ1) is 13.6. The van der Waals surface area contributed by atoms with E-state index in [1.54, 1.807) is 0 Å². The molecule has 1 aromatic heterocycles. The quantitative estimate of drug-likeness (QED) is 0.840. The van der Waals surface area contributed by atoms with E-state index in [4.69, 9.17) is 9.15 Å². The maximum Gasteiger partial charge on any atom is 0.118 e. The Morgan fingerprint density at radius 1 is 1.44 bits per heavy atom. The second kappa shape index (κ2) is 6.92. The van der Waals surface area contributed by atoms with Crippen LogP contribution in [0.5, 0.6) is 0 Å². The van der Waals surface area contributed by atoms with Gasteiger partial charge in [0.25, 0.3) is 0 Å². The largest absolute Gasteiger partial charge is 0.468 e. The summed E-state index contributed by atoms with van der Waals surface area (Å²) in [6, 6.07) is 2.12. The molecule has 0 aliphatic carbocycles. The van der Waals surface area contributed by atoms with Crippen LogP contribution in [-0.2, 0) is 17.8 Å². The van der Waals surface area contributed by atoms with E-state index in [9.17, 15) is 0 Å². The van der Waals surface area contributed by atoms with Crippen LogP contribution in [0.3, 0.4) is 0 Å². The van der Waals surface area contributed by atoms with E-state index >= 15 is 0 Å². The molecule has 1 aliphatic heterocycles. The third-order valence-electron chi connectivity index (χ3n) is 3.30. The molecule has 4 heteroatoms. The third kappa shape index (κ3) is 4.12. The highest BCUT2D eigenvalue weighted by Gasteiger charge is 2.16. The van der Waals surface area contributed by atoms with Crippen molar-refractivity contribution in [1.29, 1.82) is 0 Å². The van der Waals surface area contributed by atoms with Gasteiger partial charge in [-0.15, -0.1) is 0 Å². The van der Waals surface area contributed by atoms with Gasteiger partial charge in [-0.05, 0) is 39.4 Å². The highest BCUT2D eigenvalue weighted by atomic mass is 16.5. The van der Waals surface area contributed by atoms with Gasteiger partial charge in [0.05, 0.1) is 18.9 Å². The Labute approximate surface area is 109 Å². The smallest absolute Gasteiger partial charge is 0.118 e. The van der Waals surface area contributed by atoms with Crippen molar-refractivity contribution in [1.82, 2.24) is 10.2 Å². The van der Waals surface area contributed by atoms with Gasteiger partial charge in [0.2, 0.25) is 0 Å². The van der Waals surface area contributed by atoms with Crippen LogP contribution in [0, 0.1) is 0 Å². The second-order valence-corrected chi connectivity index (χ2v) is 5.14. The van der Waals surface area contributed by atoms with Crippen LogP contribution in [-0.4, -0.2) is 38.3 Å². The summed E-state index contributed by atoms with van der Waals surface area (Å²) in [6.07, 6.45) is 5.93. The van der Waals surface area contributed by atoms with Crippen molar-refractivity contribution < 1.29 is 9.15 Å². The molecule has 1 aromatic rings. The average molecular weight is 252 g/mol. The molecule has 2 heterocycles. The number of nitrogens with zero attached hydrogens (tertiary/aromatic N) is 1. The lowest BCUT2D eigenvalue weighted by molar-refractivity contribution is -0.00338. The van der Waals surface area contributed by atoms with Crippen molar-refractivity contribution in [3.63, 3.8) is 0 Å². The van der Waals surface area contributed by atoms with Crippen LogP contribution in [0.2, 0.25) is 0 Å². The van der Waals surface area contributed by atoms with Crippen molar-refractivity contribution in [2.45, 2.75) is 38.5 Å². The fourth-order valence-corrected chi connectivity index (χ4v) is 2.44. The Morgan fingerprint density at radius 2 is 2.33 bits per heavy atom. The maximum atomic E-state index is 5.75. The van der Waals surface area contributed by atoms with Gasteiger partial charge < -0.3 is 14.5 Å². The highest BCUT2D eigenvalue weighted by molar-refractivity contribution is 5.12. The molecular formula is C14H24N2O2. The predicted molar refractivity (Wildman–Crippen MR) is 71.4 cm³/mol. The monoisotopic (exact) mass is 252 g/mol. The lowest BCUT2D eigenvalue weighted by Gasteiger charge is -2.26. The van der Waals surface area contributed by atoms with Crippen LogP contribution in [0.15, 0.2) is 16.7 Å². The molecule has 0 bridgehead atoms. The number of nitrogens with one attached hydrogen (secondary N) is 1. The van der Waals surface area contributed by atoms with E-state index in [2.05, 4.69) is 23.3 Å². The van der Waals surface area contributed by atoms with E-state index in [0.717, 1.165) is 32.0 Å². The van der Waals surface area contributed by atoms with Crippen LogP contribution >= 0.6 is 0 Å². The number of hydrogen-bond acceptors (Lipinski definition) is 4. The Morgan fingerprint density at radius 3 is 3.06 bits per heavy atom. The Balaban J connectivity index is 1.76. The fourth-order valence-electron chi connectivity index (χ4n) is 2.44. The van der Waals surface area contributed by atoms with Crippen molar-refractivity contribution in [3.8, 4) is 0 Å². The predicted octanol–water partition coefficient (Wildman–Crippen LogP) is 2.00. The summed E-state index contributed by atoms with van der Waals surface area (Å²) in [5.74, 6) is 1.03. The molecule has 1 aliphatic rings. The Bertz CT molecular complexity index is 345. The van der Waals surface area contributed by atoms with Crippen molar-refractivity contribution in [2.75, 3.05) is 27.2 Å². The minimum Gasteiger partial charge on any atom is -0.468 e. The zero-order chi connectivity index (χ0) is 12.8. The fraction of sp³-hybridized carbons (Fsp3) is 0.714. The van der Waals surface area contributed by atoms with Crippen LogP contribution in [0.4, 0.5) is 0 Å². The minimum atomic E-state index is 0.399. The molecule has 1 N–H and O–H groups in total. The molecule has 0 aromatic carbocycles. The van der Waals surface area contributed by atoms with E-state index in [1.807, 2.05) is 13.3 Å². The van der Waals surface area contributed by atoms with Gasteiger partial charge in [0, 0.05) is 25.3 Å². The minimum absolute atomic E-state index is 0.399. The van der Waals surface area contributed by atoms with E-state index in [0.29, 0.717) is 6.10 Å². The lowest BCUT2D eigenvalue weighted by atomic mass is 10.1. The first-order valence-corrected chi connectivity index (χ1v) is 6.79. The van der Waals surface area contributed by atoms with Crippen molar-refractivity contribution in [2.24, 2.45) is 0 Å². The molecule has 4 nitrogen and oxygen atoms in total. The molecule has 18 heavy (non-hydrogen) atoms. The van der Waals surface area contributed by atoms with Gasteiger partial charge >= 0.3 is 0 Å². The molecule has 0 spiro atoms. The first-order valence-electron chi connectivity index (χ1n) is 6.79. The molecule has 0 saturated carbocycles. The molecule has 102 valence electrons. The Hall–Kier alpha value is -0.840. The number of ether oxygens (including phenoxy) is 1. The van der Waals surface area contributed by atoms with E-state index < -0.39 is 0 Å². The normalized spacial score (nSPS) is 20.5.